The molecule has 2 aromatic heterocycles. The molecule has 5 heteroatoms. The van der Waals surface area contributed by atoms with Gasteiger partial charge in [0.25, 0.3) is 0 Å². The monoisotopic (exact) mass is 248 g/mol. The Balaban J connectivity index is 1.48. The van der Waals surface area contributed by atoms with E-state index in [-0.39, 0.29) is 0 Å². The fraction of sp³-hybridized carbons (Fsp3) is 0.500. The van der Waals surface area contributed by atoms with Crippen LogP contribution in [-0.2, 0) is 19.5 Å². The molecule has 3 rings (SSSR count). The smallest absolute Gasteiger partial charge is 0.108 e. The fourth-order valence-corrected chi connectivity index (χ4v) is 2.89. The summed E-state index contributed by atoms with van der Waals surface area (Å²) in [6.07, 6.45) is 6.33. The van der Waals surface area contributed by atoms with E-state index in [2.05, 4.69) is 31.4 Å². The number of nitrogens with one attached hydrogen (secondary N) is 1. The second-order valence-corrected chi connectivity index (χ2v) is 5.23. The maximum atomic E-state index is 4.35. The van der Waals surface area contributed by atoms with Crippen LogP contribution < -0.4 is 5.32 Å². The van der Waals surface area contributed by atoms with E-state index in [9.17, 15) is 0 Å². The van der Waals surface area contributed by atoms with Crippen LogP contribution in [0.5, 0.6) is 0 Å². The minimum absolute atomic E-state index is 0.718. The number of thiazole rings is 1. The van der Waals surface area contributed by atoms with Crippen molar-refractivity contribution in [3.63, 3.8) is 0 Å². The molecule has 0 aliphatic carbocycles. The summed E-state index contributed by atoms with van der Waals surface area (Å²) >= 11 is 1.65. The van der Waals surface area contributed by atoms with Crippen molar-refractivity contribution in [3.05, 3.63) is 34.8 Å². The number of nitrogens with zero attached hydrogens (tertiary/aromatic N) is 3. The van der Waals surface area contributed by atoms with E-state index in [4.69, 9.17) is 0 Å². The molecule has 1 aliphatic rings. The van der Waals surface area contributed by atoms with Crippen LogP contribution in [0.25, 0.3) is 0 Å². The summed E-state index contributed by atoms with van der Waals surface area (Å²) in [4.78, 5) is 8.61. The quantitative estimate of drug-likeness (QED) is 0.895. The first kappa shape index (κ1) is 10.9. The Labute approximate surface area is 105 Å². The molecule has 0 unspecified atom stereocenters. The van der Waals surface area contributed by atoms with Crippen LogP contribution in [0.4, 0.5) is 0 Å². The second kappa shape index (κ2) is 4.98. The molecule has 0 amide bonds. The van der Waals surface area contributed by atoms with Crippen molar-refractivity contribution in [1.29, 1.82) is 0 Å². The topological polar surface area (TPSA) is 42.7 Å². The Bertz CT molecular complexity index is 463. The maximum absolute atomic E-state index is 4.35. The average molecular weight is 248 g/mol. The number of aromatic nitrogens is 3. The van der Waals surface area contributed by atoms with Gasteiger partial charge in [0.05, 0.1) is 11.2 Å². The van der Waals surface area contributed by atoms with Gasteiger partial charge in [0.2, 0.25) is 0 Å². The molecular weight excluding hydrogens is 232 g/mol. The van der Waals surface area contributed by atoms with Gasteiger partial charge >= 0.3 is 0 Å². The standard InChI is InChI=1S/C12H16N4S/c1-2-12-14-3-4-16(12)7-10(1)5-13-6-11-8-17-9-15-11/h3-4,8-10,13H,1-2,5-7H2/t10-/m0/s1. The predicted molar refractivity (Wildman–Crippen MR) is 67.9 cm³/mol. The second-order valence-electron chi connectivity index (χ2n) is 4.51. The molecular formula is C12H16N4S. The van der Waals surface area contributed by atoms with Gasteiger partial charge in [-0.3, -0.25) is 0 Å². The van der Waals surface area contributed by atoms with E-state index in [0.717, 1.165) is 37.7 Å². The molecule has 1 atom stereocenters. The lowest BCUT2D eigenvalue weighted by molar-refractivity contribution is 0.347. The molecule has 0 spiro atoms. The molecule has 0 radical (unpaired) electrons. The van der Waals surface area contributed by atoms with Crippen LogP contribution in [0.3, 0.4) is 0 Å². The minimum Gasteiger partial charge on any atom is -0.335 e. The van der Waals surface area contributed by atoms with Crippen molar-refractivity contribution in [2.45, 2.75) is 25.9 Å². The number of rotatable bonds is 4. The fourth-order valence-electron chi connectivity index (χ4n) is 2.33. The third-order valence-corrected chi connectivity index (χ3v) is 3.89. The summed E-state index contributed by atoms with van der Waals surface area (Å²) in [6.45, 7) is 3.05. The van der Waals surface area contributed by atoms with Gasteiger partial charge in [0.15, 0.2) is 0 Å². The highest BCUT2D eigenvalue weighted by Crippen LogP contribution is 2.17. The molecule has 0 aromatic carbocycles. The van der Waals surface area contributed by atoms with Gasteiger partial charge in [-0.05, 0) is 12.3 Å². The molecule has 0 bridgehead atoms. The van der Waals surface area contributed by atoms with Crippen LogP contribution in [0.2, 0.25) is 0 Å². The van der Waals surface area contributed by atoms with Crippen molar-refractivity contribution in [1.82, 2.24) is 19.9 Å². The first-order chi connectivity index (χ1) is 8.42. The lowest BCUT2D eigenvalue weighted by atomic mass is 9.99. The summed E-state index contributed by atoms with van der Waals surface area (Å²) in [5.74, 6) is 1.95. The van der Waals surface area contributed by atoms with Gasteiger partial charge < -0.3 is 9.88 Å². The SMILES string of the molecule is c1cn2c(n1)CC[C@@H](CNCc1cscn1)C2. The van der Waals surface area contributed by atoms with E-state index in [1.165, 1.54) is 12.2 Å². The zero-order valence-corrected chi connectivity index (χ0v) is 10.5. The van der Waals surface area contributed by atoms with Crippen molar-refractivity contribution in [3.8, 4) is 0 Å². The molecule has 2 aromatic rings. The lowest BCUT2D eigenvalue weighted by Gasteiger charge is -2.23. The van der Waals surface area contributed by atoms with Crippen molar-refractivity contribution in [2.75, 3.05) is 6.54 Å². The summed E-state index contributed by atoms with van der Waals surface area (Å²) in [5, 5.41) is 5.59. The van der Waals surface area contributed by atoms with Crippen molar-refractivity contribution in [2.24, 2.45) is 5.92 Å². The molecule has 90 valence electrons. The highest BCUT2D eigenvalue weighted by Gasteiger charge is 2.18. The Kier molecular flexibility index (Phi) is 3.20. The number of imidazole rings is 1. The summed E-state index contributed by atoms with van der Waals surface area (Å²) in [5.41, 5.74) is 3.03. The van der Waals surface area contributed by atoms with Crippen molar-refractivity contribution >= 4 is 11.3 Å². The van der Waals surface area contributed by atoms with Gasteiger partial charge in [0, 0.05) is 43.8 Å². The number of fused-ring (bicyclic) bond motifs is 1. The van der Waals surface area contributed by atoms with Crippen LogP contribution in [0, 0.1) is 5.92 Å². The van der Waals surface area contributed by atoms with E-state index in [1.54, 1.807) is 11.3 Å². The average Bonchev–Trinajstić information content (AvgIpc) is 2.98. The Hall–Kier alpha value is -1.20. The van der Waals surface area contributed by atoms with E-state index >= 15 is 0 Å². The highest BCUT2D eigenvalue weighted by atomic mass is 32.1. The maximum Gasteiger partial charge on any atom is 0.108 e. The predicted octanol–water partition coefficient (Wildman–Crippen LogP) is 1.69. The summed E-state index contributed by atoms with van der Waals surface area (Å²) in [6, 6.07) is 0. The van der Waals surface area contributed by atoms with E-state index in [1.807, 2.05) is 11.7 Å². The highest BCUT2D eigenvalue weighted by molar-refractivity contribution is 7.07. The molecule has 0 saturated carbocycles. The van der Waals surface area contributed by atoms with Crippen LogP contribution in [0.15, 0.2) is 23.3 Å². The van der Waals surface area contributed by atoms with Crippen LogP contribution >= 0.6 is 11.3 Å². The van der Waals surface area contributed by atoms with E-state index < -0.39 is 0 Å². The third-order valence-electron chi connectivity index (χ3n) is 3.26. The Morgan fingerprint density at radius 2 is 2.47 bits per heavy atom. The first-order valence-corrected chi connectivity index (χ1v) is 6.94. The number of hydrogen-bond acceptors (Lipinski definition) is 4. The van der Waals surface area contributed by atoms with Gasteiger partial charge in [-0.2, -0.15) is 0 Å². The molecule has 17 heavy (non-hydrogen) atoms. The zero-order valence-electron chi connectivity index (χ0n) is 9.67. The Morgan fingerprint density at radius 3 is 3.35 bits per heavy atom. The minimum atomic E-state index is 0.718. The molecule has 1 N–H and O–H groups in total. The molecule has 4 nitrogen and oxygen atoms in total. The van der Waals surface area contributed by atoms with Crippen LogP contribution in [-0.4, -0.2) is 21.1 Å². The molecule has 3 heterocycles. The summed E-state index contributed by atoms with van der Waals surface area (Å²) < 4.78 is 2.28. The summed E-state index contributed by atoms with van der Waals surface area (Å²) in [7, 11) is 0. The van der Waals surface area contributed by atoms with Gasteiger partial charge in [-0.25, -0.2) is 9.97 Å². The third kappa shape index (κ3) is 2.56. The van der Waals surface area contributed by atoms with Crippen molar-refractivity contribution < 1.29 is 0 Å². The van der Waals surface area contributed by atoms with Gasteiger partial charge in [-0.1, -0.05) is 0 Å². The number of hydrogen-bond donors (Lipinski definition) is 1. The molecule has 0 fully saturated rings. The number of aryl methyl sites for hydroxylation is 1. The Morgan fingerprint density at radius 1 is 1.47 bits per heavy atom. The first-order valence-electron chi connectivity index (χ1n) is 5.99. The van der Waals surface area contributed by atoms with Crippen LogP contribution in [0.1, 0.15) is 17.9 Å². The normalized spacial score (nSPS) is 19.2. The largest absolute Gasteiger partial charge is 0.335 e. The van der Waals surface area contributed by atoms with Gasteiger partial charge in [0.1, 0.15) is 5.82 Å². The lowest BCUT2D eigenvalue weighted by Crippen LogP contribution is -2.29. The molecule has 0 saturated heterocycles. The molecule has 1 aliphatic heterocycles. The van der Waals surface area contributed by atoms with E-state index in [0.29, 0.717) is 0 Å². The zero-order chi connectivity index (χ0) is 11.5. The van der Waals surface area contributed by atoms with Gasteiger partial charge in [-0.15, -0.1) is 11.3 Å².